The Kier molecular flexibility index (Phi) is 2.59. The van der Waals surface area contributed by atoms with E-state index >= 15 is 0 Å². The number of aromatic nitrogens is 3. The Bertz CT molecular complexity index is 269. The molecule has 0 aliphatic carbocycles. The molecule has 1 heterocycles. The minimum absolute atomic E-state index is 0.237. The van der Waals surface area contributed by atoms with Crippen molar-refractivity contribution in [2.24, 2.45) is 0 Å². The molecule has 0 aromatic carbocycles. The van der Waals surface area contributed by atoms with Crippen LogP contribution >= 0.6 is 0 Å². The van der Waals surface area contributed by atoms with Gasteiger partial charge in [-0.15, -0.1) is 10.2 Å². The number of H-pyrrole nitrogens is 1. The molecule has 1 aromatic heterocycles. The predicted molar refractivity (Wildman–Crippen MR) is 41.4 cm³/mol. The third-order valence-corrected chi connectivity index (χ3v) is 1.12. The first-order valence-corrected chi connectivity index (χ1v) is 3.49. The molecule has 0 spiro atoms. The zero-order valence-electron chi connectivity index (χ0n) is 6.29. The van der Waals surface area contributed by atoms with E-state index < -0.39 is 0 Å². The molecule has 1 aromatic rings. The van der Waals surface area contributed by atoms with Crippen molar-refractivity contribution >= 4 is 5.95 Å². The van der Waals surface area contributed by atoms with Crippen LogP contribution in [0.5, 0.6) is 0 Å². The molecule has 60 valence electrons. The van der Waals surface area contributed by atoms with Gasteiger partial charge in [0.05, 0.1) is 0 Å². The molecule has 5 heteroatoms. The fourth-order valence-electron chi connectivity index (χ4n) is 0.636. The van der Waals surface area contributed by atoms with Crippen LogP contribution in [0.3, 0.4) is 0 Å². The maximum absolute atomic E-state index is 10.7. The van der Waals surface area contributed by atoms with E-state index in [2.05, 4.69) is 20.5 Å². The molecule has 0 fully saturated rings. The van der Waals surface area contributed by atoms with E-state index in [1.807, 2.05) is 6.92 Å². The quantitative estimate of drug-likeness (QED) is 0.642. The van der Waals surface area contributed by atoms with Gasteiger partial charge < -0.3 is 5.32 Å². The standard InChI is InChI=1S/C6H10N4O/c1-2-3-7-6-9-5(11)4-8-10-6/h4H,2-3H2,1H3,(H2,7,9,10,11). The molecular weight excluding hydrogens is 144 g/mol. The molecular formula is C6H10N4O. The highest BCUT2D eigenvalue weighted by molar-refractivity contribution is 5.19. The summed E-state index contributed by atoms with van der Waals surface area (Å²) in [4.78, 5) is 13.2. The van der Waals surface area contributed by atoms with Gasteiger partial charge in [-0.3, -0.25) is 9.78 Å². The number of nitrogens with zero attached hydrogens (tertiary/aromatic N) is 2. The molecule has 0 aliphatic heterocycles. The second-order valence-corrected chi connectivity index (χ2v) is 2.11. The van der Waals surface area contributed by atoms with Crippen molar-refractivity contribution in [3.05, 3.63) is 16.6 Å². The Morgan fingerprint density at radius 2 is 2.55 bits per heavy atom. The molecule has 0 saturated heterocycles. The maximum atomic E-state index is 10.7. The lowest BCUT2D eigenvalue weighted by Gasteiger charge is -1.99. The van der Waals surface area contributed by atoms with Crippen molar-refractivity contribution in [3.8, 4) is 0 Å². The summed E-state index contributed by atoms with van der Waals surface area (Å²) in [7, 11) is 0. The first-order chi connectivity index (χ1) is 5.33. The Morgan fingerprint density at radius 3 is 3.18 bits per heavy atom. The Labute approximate surface area is 63.9 Å². The molecule has 0 amide bonds. The van der Waals surface area contributed by atoms with E-state index in [0.717, 1.165) is 19.2 Å². The van der Waals surface area contributed by atoms with Gasteiger partial charge in [-0.05, 0) is 6.42 Å². The summed E-state index contributed by atoms with van der Waals surface area (Å²) in [5.41, 5.74) is -0.237. The highest BCUT2D eigenvalue weighted by Crippen LogP contribution is 1.87. The van der Waals surface area contributed by atoms with Crippen molar-refractivity contribution in [1.82, 2.24) is 15.2 Å². The largest absolute Gasteiger partial charge is 0.354 e. The van der Waals surface area contributed by atoms with Crippen LogP contribution in [-0.4, -0.2) is 21.7 Å². The van der Waals surface area contributed by atoms with Crippen LogP contribution in [0, 0.1) is 0 Å². The van der Waals surface area contributed by atoms with Crippen LogP contribution < -0.4 is 10.9 Å². The lowest BCUT2D eigenvalue weighted by atomic mass is 10.5. The SMILES string of the molecule is CCCNc1nncc(=O)[nH]1. The monoisotopic (exact) mass is 154 g/mol. The van der Waals surface area contributed by atoms with Gasteiger partial charge in [0, 0.05) is 6.54 Å². The van der Waals surface area contributed by atoms with Crippen LogP contribution in [0.1, 0.15) is 13.3 Å². The number of aromatic amines is 1. The zero-order valence-corrected chi connectivity index (χ0v) is 6.29. The molecule has 11 heavy (non-hydrogen) atoms. The number of rotatable bonds is 3. The van der Waals surface area contributed by atoms with Crippen molar-refractivity contribution in [1.29, 1.82) is 0 Å². The molecule has 2 N–H and O–H groups in total. The first-order valence-electron chi connectivity index (χ1n) is 3.49. The highest BCUT2D eigenvalue weighted by atomic mass is 16.1. The number of nitrogens with one attached hydrogen (secondary N) is 2. The smallest absolute Gasteiger partial charge is 0.271 e. The second-order valence-electron chi connectivity index (χ2n) is 2.11. The van der Waals surface area contributed by atoms with E-state index in [9.17, 15) is 4.79 Å². The highest BCUT2D eigenvalue weighted by Gasteiger charge is 1.91. The zero-order chi connectivity index (χ0) is 8.10. The van der Waals surface area contributed by atoms with Gasteiger partial charge in [-0.2, -0.15) is 0 Å². The minimum atomic E-state index is -0.237. The summed E-state index contributed by atoms with van der Waals surface area (Å²) in [5, 5.41) is 10.0. The molecule has 0 saturated carbocycles. The second kappa shape index (κ2) is 3.70. The van der Waals surface area contributed by atoms with Crippen LogP contribution in [-0.2, 0) is 0 Å². The molecule has 0 unspecified atom stereocenters. The first kappa shape index (κ1) is 7.71. The van der Waals surface area contributed by atoms with Crippen molar-refractivity contribution in [3.63, 3.8) is 0 Å². The van der Waals surface area contributed by atoms with E-state index in [4.69, 9.17) is 0 Å². The number of hydrogen-bond acceptors (Lipinski definition) is 4. The Morgan fingerprint density at radius 1 is 1.73 bits per heavy atom. The van der Waals surface area contributed by atoms with E-state index in [1.165, 1.54) is 0 Å². The van der Waals surface area contributed by atoms with Crippen LogP contribution in [0.4, 0.5) is 5.95 Å². The molecule has 0 atom stereocenters. The van der Waals surface area contributed by atoms with Gasteiger partial charge in [0.1, 0.15) is 6.20 Å². The van der Waals surface area contributed by atoms with Gasteiger partial charge >= 0.3 is 0 Å². The summed E-state index contributed by atoms with van der Waals surface area (Å²) in [6.45, 7) is 2.82. The molecule has 0 aliphatic rings. The van der Waals surface area contributed by atoms with Crippen LogP contribution in [0.15, 0.2) is 11.0 Å². The van der Waals surface area contributed by atoms with Crippen LogP contribution in [0.25, 0.3) is 0 Å². The topological polar surface area (TPSA) is 70.7 Å². The lowest BCUT2D eigenvalue weighted by Crippen LogP contribution is -2.13. The molecule has 0 radical (unpaired) electrons. The Balaban J connectivity index is 2.64. The van der Waals surface area contributed by atoms with Gasteiger partial charge in [0.2, 0.25) is 5.95 Å². The van der Waals surface area contributed by atoms with Crippen LogP contribution in [0.2, 0.25) is 0 Å². The van der Waals surface area contributed by atoms with Gasteiger partial charge in [0.15, 0.2) is 0 Å². The summed E-state index contributed by atoms with van der Waals surface area (Å²) in [5.74, 6) is 0.430. The predicted octanol–water partition coefficient (Wildman–Crippen LogP) is -0.0132. The average molecular weight is 154 g/mol. The van der Waals surface area contributed by atoms with E-state index in [-0.39, 0.29) is 5.56 Å². The number of anilines is 1. The van der Waals surface area contributed by atoms with Crippen molar-refractivity contribution in [2.45, 2.75) is 13.3 Å². The van der Waals surface area contributed by atoms with E-state index in [1.54, 1.807) is 0 Å². The van der Waals surface area contributed by atoms with Gasteiger partial charge in [-0.1, -0.05) is 6.92 Å². The lowest BCUT2D eigenvalue weighted by molar-refractivity contribution is 0.898. The summed E-state index contributed by atoms with van der Waals surface area (Å²) in [6.07, 6.45) is 2.12. The molecule has 0 bridgehead atoms. The van der Waals surface area contributed by atoms with E-state index in [0.29, 0.717) is 5.95 Å². The fraction of sp³-hybridized carbons (Fsp3) is 0.500. The third kappa shape index (κ3) is 2.37. The summed E-state index contributed by atoms with van der Waals surface area (Å²) in [6, 6.07) is 0. The Hall–Kier alpha value is -1.39. The molecule has 1 rings (SSSR count). The maximum Gasteiger partial charge on any atom is 0.271 e. The van der Waals surface area contributed by atoms with Crippen molar-refractivity contribution in [2.75, 3.05) is 11.9 Å². The third-order valence-electron chi connectivity index (χ3n) is 1.12. The fourth-order valence-corrected chi connectivity index (χ4v) is 0.636. The van der Waals surface area contributed by atoms with Gasteiger partial charge in [0.25, 0.3) is 5.56 Å². The summed E-state index contributed by atoms with van der Waals surface area (Å²) >= 11 is 0. The summed E-state index contributed by atoms with van der Waals surface area (Å²) < 4.78 is 0. The normalized spacial score (nSPS) is 9.55. The minimum Gasteiger partial charge on any atom is -0.354 e. The van der Waals surface area contributed by atoms with Gasteiger partial charge in [-0.25, -0.2) is 0 Å². The van der Waals surface area contributed by atoms with Crippen molar-refractivity contribution < 1.29 is 0 Å². The number of hydrogen-bond donors (Lipinski definition) is 2. The average Bonchev–Trinajstić information content (AvgIpc) is 2.01. The molecule has 5 nitrogen and oxygen atoms in total.